The van der Waals surface area contributed by atoms with Gasteiger partial charge in [0.15, 0.2) is 5.65 Å². The van der Waals surface area contributed by atoms with Crippen molar-refractivity contribution in [3.8, 4) is 0 Å². The Balaban J connectivity index is 1.42. The van der Waals surface area contributed by atoms with Crippen LogP contribution in [-0.2, 0) is 22.6 Å². The zero-order valence-electron chi connectivity index (χ0n) is 20.2. The largest absolute Gasteiger partial charge is 0.465 e. The Morgan fingerprint density at radius 3 is 2.63 bits per heavy atom. The molecule has 4 aromatic rings. The number of esters is 1. The Bertz CT molecular complexity index is 1460. The summed E-state index contributed by atoms with van der Waals surface area (Å²) >= 11 is 6.13. The van der Waals surface area contributed by atoms with Crippen molar-refractivity contribution in [1.29, 1.82) is 0 Å². The van der Waals surface area contributed by atoms with Crippen molar-refractivity contribution in [2.45, 2.75) is 65.6 Å². The van der Waals surface area contributed by atoms with E-state index in [1.165, 1.54) is 0 Å². The summed E-state index contributed by atoms with van der Waals surface area (Å²) in [5.41, 5.74) is 2.53. The third-order valence-electron chi connectivity index (χ3n) is 6.26. The number of hydrogen-bond acceptors (Lipinski definition) is 6. The lowest BCUT2D eigenvalue weighted by Crippen LogP contribution is -2.25. The third kappa shape index (κ3) is 4.69. The first-order chi connectivity index (χ1) is 16.7. The number of carbonyl (C=O) groups excluding carboxylic acids is 1. The highest BCUT2D eigenvalue weighted by Gasteiger charge is 2.29. The minimum atomic E-state index is -0.513. The Labute approximate surface area is 207 Å². The number of aryl methyl sites for hydroxylation is 1. The fourth-order valence-electron chi connectivity index (χ4n) is 4.26. The van der Waals surface area contributed by atoms with Gasteiger partial charge in [-0.25, -0.2) is 14.8 Å². The van der Waals surface area contributed by atoms with Crippen molar-refractivity contribution >= 4 is 39.8 Å². The Morgan fingerprint density at radius 2 is 1.89 bits per heavy atom. The summed E-state index contributed by atoms with van der Waals surface area (Å²) in [5.74, 6) is 0.521. The van der Waals surface area contributed by atoms with E-state index in [1.54, 1.807) is 23.0 Å². The van der Waals surface area contributed by atoms with Crippen LogP contribution in [0.25, 0.3) is 22.2 Å². The Kier molecular flexibility index (Phi) is 6.13. The lowest BCUT2D eigenvalue weighted by Gasteiger charge is -2.16. The minimum absolute atomic E-state index is 0.0470. The van der Waals surface area contributed by atoms with E-state index in [4.69, 9.17) is 21.3 Å². The predicted octanol–water partition coefficient (Wildman–Crippen LogP) is 4.35. The van der Waals surface area contributed by atoms with Crippen LogP contribution in [0.2, 0.25) is 5.15 Å². The maximum atomic E-state index is 13.4. The van der Waals surface area contributed by atoms with E-state index in [0.717, 1.165) is 41.6 Å². The van der Waals surface area contributed by atoms with Gasteiger partial charge < -0.3 is 9.30 Å². The first-order valence-electron chi connectivity index (χ1n) is 12.0. The van der Waals surface area contributed by atoms with Crippen LogP contribution in [0.4, 0.5) is 0 Å². The van der Waals surface area contributed by atoms with Gasteiger partial charge in [-0.3, -0.25) is 18.9 Å². The first kappa shape index (κ1) is 23.5. The van der Waals surface area contributed by atoms with E-state index in [1.807, 2.05) is 37.5 Å². The summed E-state index contributed by atoms with van der Waals surface area (Å²) in [5, 5.41) is 0.370. The van der Waals surface area contributed by atoms with Crippen molar-refractivity contribution in [1.82, 2.24) is 28.7 Å². The molecule has 1 aliphatic rings. The summed E-state index contributed by atoms with van der Waals surface area (Å²) in [6.45, 7) is 6.84. The van der Waals surface area contributed by atoms with Gasteiger partial charge >= 0.3 is 11.7 Å². The van der Waals surface area contributed by atoms with Gasteiger partial charge in [-0.15, -0.1) is 0 Å². The average molecular weight is 497 g/mol. The molecule has 0 amide bonds. The molecule has 0 spiro atoms. The van der Waals surface area contributed by atoms with E-state index in [9.17, 15) is 9.59 Å². The number of ether oxygens (including phenoxy) is 1. The molecule has 184 valence electrons. The average Bonchev–Trinajstić information content (AvgIpc) is 3.53. The van der Waals surface area contributed by atoms with E-state index in [2.05, 4.69) is 14.5 Å². The van der Waals surface area contributed by atoms with E-state index < -0.39 is 5.41 Å². The highest BCUT2D eigenvalue weighted by molar-refractivity contribution is 6.29. The first-order valence-corrected chi connectivity index (χ1v) is 12.4. The molecule has 4 heterocycles. The highest BCUT2D eigenvalue weighted by atomic mass is 35.5. The van der Waals surface area contributed by atoms with Gasteiger partial charge in [-0.2, -0.15) is 0 Å². The summed E-state index contributed by atoms with van der Waals surface area (Å²) < 4.78 is 11.1. The van der Waals surface area contributed by atoms with Gasteiger partial charge in [0.05, 0.1) is 41.3 Å². The Hall–Kier alpha value is -3.20. The van der Waals surface area contributed by atoms with Crippen LogP contribution in [0.5, 0.6) is 0 Å². The number of halogens is 1. The normalized spacial score (nSPS) is 14.2. The van der Waals surface area contributed by atoms with Gasteiger partial charge in [0.2, 0.25) is 0 Å². The maximum Gasteiger partial charge on any atom is 0.329 e. The van der Waals surface area contributed by atoms with Crippen LogP contribution in [-0.4, -0.2) is 41.2 Å². The van der Waals surface area contributed by atoms with Gasteiger partial charge in [0.25, 0.3) is 0 Å². The van der Waals surface area contributed by atoms with E-state index in [-0.39, 0.29) is 17.7 Å². The van der Waals surface area contributed by atoms with Crippen molar-refractivity contribution in [2.75, 3.05) is 6.61 Å². The molecule has 0 radical (unpaired) electrons. The zero-order valence-corrected chi connectivity index (χ0v) is 21.0. The molecular weight excluding hydrogens is 468 g/mol. The standard InChI is InChI=1S/C25H29ClN6O3/c1-25(2,3)23(33)35-13-5-4-12-30-18-8-9-20(26)28-22(18)29-21(30)15-31-19-14-27-11-10-17(19)32(24(31)34)16-6-7-16/h8-11,14,16H,4-7,12-13,15H2,1-3H3. The summed E-state index contributed by atoms with van der Waals surface area (Å²) in [6.07, 6.45) is 6.98. The number of hydrogen-bond donors (Lipinski definition) is 0. The van der Waals surface area contributed by atoms with E-state index >= 15 is 0 Å². The second-order valence-electron chi connectivity index (χ2n) is 10.1. The molecule has 0 aromatic carbocycles. The third-order valence-corrected chi connectivity index (χ3v) is 6.47. The minimum Gasteiger partial charge on any atom is -0.465 e. The molecule has 9 nitrogen and oxygen atoms in total. The molecule has 35 heavy (non-hydrogen) atoms. The molecule has 0 saturated heterocycles. The molecule has 10 heteroatoms. The number of unbranched alkanes of at least 4 members (excludes halogenated alkanes) is 1. The number of imidazole rings is 2. The monoisotopic (exact) mass is 496 g/mol. The number of rotatable bonds is 8. The molecule has 4 aromatic heterocycles. The molecular formula is C25H29ClN6O3. The molecule has 1 saturated carbocycles. The van der Waals surface area contributed by atoms with Crippen LogP contribution in [0, 0.1) is 5.41 Å². The van der Waals surface area contributed by atoms with Gasteiger partial charge in [-0.1, -0.05) is 11.6 Å². The van der Waals surface area contributed by atoms with Crippen LogP contribution in [0.1, 0.15) is 58.3 Å². The molecule has 5 rings (SSSR count). The van der Waals surface area contributed by atoms with Crippen LogP contribution < -0.4 is 5.69 Å². The maximum absolute atomic E-state index is 13.4. The lowest BCUT2D eigenvalue weighted by molar-refractivity contribution is -0.153. The fraction of sp³-hybridized carbons (Fsp3) is 0.480. The Morgan fingerprint density at radius 1 is 1.09 bits per heavy atom. The molecule has 0 aliphatic heterocycles. The molecule has 1 fully saturated rings. The molecule has 0 N–H and O–H groups in total. The van der Waals surface area contributed by atoms with Crippen LogP contribution in [0.15, 0.2) is 35.4 Å². The van der Waals surface area contributed by atoms with Gasteiger partial charge in [0.1, 0.15) is 11.0 Å². The number of pyridine rings is 2. The van der Waals surface area contributed by atoms with Crippen LogP contribution in [0.3, 0.4) is 0 Å². The van der Waals surface area contributed by atoms with Crippen molar-refractivity contribution in [3.05, 3.63) is 52.1 Å². The molecule has 0 unspecified atom stereocenters. The quantitative estimate of drug-likeness (QED) is 0.204. The topological polar surface area (TPSA) is 96.8 Å². The van der Waals surface area contributed by atoms with E-state index in [0.29, 0.717) is 36.9 Å². The van der Waals surface area contributed by atoms with Crippen molar-refractivity contribution < 1.29 is 9.53 Å². The smallest absolute Gasteiger partial charge is 0.329 e. The SMILES string of the molecule is CC(C)(C)C(=O)OCCCCn1c(Cn2c(=O)n(C3CC3)c3ccncc32)nc2nc(Cl)ccc21. The number of nitrogens with zero attached hydrogens (tertiary/aromatic N) is 6. The number of fused-ring (bicyclic) bond motifs is 2. The fourth-order valence-corrected chi connectivity index (χ4v) is 4.41. The lowest BCUT2D eigenvalue weighted by atomic mass is 9.97. The van der Waals surface area contributed by atoms with Gasteiger partial charge in [0, 0.05) is 18.8 Å². The zero-order chi connectivity index (χ0) is 24.7. The number of carbonyl (C=O) groups is 1. The van der Waals surface area contributed by atoms with Crippen molar-refractivity contribution in [3.63, 3.8) is 0 Å². The van der Waals surface area contributed by atoms with Gasteiger partial charge in [-0.05, 0) is 64.7 Å². The highest BCUT2D eigenvalue weighted by Crippen LogP contribution is 2.36. The summed E-state index contributed by atoms with van der Waals surface area (Å²) in [6, 6.07) is 5.79. The second kappa shape index (κ2) is 9.11. The summed E-state index contributed by atoms with van der Waals surface area (Å²) in [4.78, 5) is 38.8. The molecule has 1 aliphatic carbocycles. The number of aromatic nitrogens is 6. The molecule has 0 atom stereocenters. The summed E-state index contributed by atoms with van der Waals surface area (Å²) in [7, 11) is 0. The predicted molar refractivity (Wildman–Crippen MR) is 134 cm³/mol. The molecule has 0 bridgehead atoms. The van der Waals surface area contributed by atoms with Crippen LogP contribution >= 0.6 is 11.6 Å². The van der Waals surface area contributed by atoms with Crippen molar-refractivity contribution in [2.24, 2.45) is 5.41 Å². The second-order valence-corrected chi connectivity index (χ2v) is 10.5.